The summed E-state index contributed by atoms with van der Waals surface area (Å²) in [7, 11) is 0. The predicted octanol–water partition coefficient (Wildman–Crippen LogP) is 6.71. The molecule has 4 nitrogen and oxygen atoms in total. The Balaban J connectivity index is 1.65. The molecule has 0 fully saturated rings. The van der Waals surface area contributed by atoms with E-state index in [2.05, 4.69) is 11.4 Å². The van der Waals surface area contributed by atoms with Crippen LogP contribution >= 0.6 is 11.6 Å². The zero-order chi connectivity index (χ0) is 21.6. The zero-order valence-electron chi connectivity index (χ0n) is 16.6. The molecule has 1 amide bonds. The van der Waals surface area contributed by atoms with Gasteiger partial charge in [0.1, 0.15) is 17.4 Å². The van der Waals surface area contributed by atoms with Crippen molar-refractivity contribution in [2.24, 2.45) is 0 Å². The van der Waals surface area contributed by atoms with Crippen LogP contribution in [0.25, 0.3) is 22.5 Å². The van der Waals surface area contributed by atoms with Gasteiger partial charge in [0, 0.05) is 22.6 Å². The van der Waals surface area contributed by atoms with Gasteiger partial charge in [-0.2, -0.15) is 5.26 Å². The summed E-state index contributed by atoms with van der Waals surface area (Å²) < 4.78 is 6.04. The summed E-state index contributed by atoms with van der Waals surface area (Å²) in [6.07, 6.45) is 0.817. The second-order valence-electron chi connectivity index (χ2n) is 7.03. The first-order chi connectivity index (χ1) is 15.2. The number of anilines is 1. The van der Waals surface area contributed by atoms with Gasteiger partial charge in [-0.15, -0.1) is 0 Å². The van der Waals surface area contributed by atoms with E-state index in [0.29, 0.717) is 28.3 Å². The second kappa shape index (κ2) is 9.34. The summed E-state index contributed by atoms with van der Waals surface area (Å²) in [5, 5.41) is 13.3. The lowest BCUT2D eigenvalue weighted by Gasteiger charge is -2.04. The van der Waals surface area contributed by atoms with Gasteiger partial charge in [-0.25, -0.2) is 0 Å². The van der Waals surface area contributed by atoms with Crippen LogP contribution < -0.4 is 5.32 Å². The first-order valence-electron chi connectivity index (χ1n) is 9.87. The van der Waals surface area contributed by atoms with Crippen LogP contribution in [-0.4, -0.2) is 5.91 Å². The molecule has 152 valence electrons. The summed E-state index contributed by atoms with van der Waals surface area (Å²) in [4.78, 5) is 12.6. The van der Waals surface area contributed by atoms with Crippen LogP contribution in [0, 0.1) is 11.3 Å². The van der Waals surface area contributed by atoms with E-state index in [1.54, 1.807) is 12.1 Å². The van der Waals surface area contributed by atoms with Gasteiger partial charge in [-0.05, 0) is 29.7 Å². The molecule has 0 saturated carbocycles. The third-order valence-corrected chi connectivity index (χ3v) is 5.18. The molecule has 0 spiro atoms. The van der Waals surface area contributed by atoms with Crippen molar-refractivity contribution in [2.75, 3.05) is 5.32 Å². The van der Waals surface area contributed by atoms with Crippen molar-refractivity contribution in [1.82, 2.24) is 0 Å². The lowest BCUT2D eigenvalue weighted by molar-refractivity contribution is -0.116. The van der Waals surface area contributed by atoms with Crippen molar-refractivity contribution in [3.8, 4) is 28.5 Å². The lowest BCUT2D eigenvalue weighted by atomic mass is 9.98. The molecule has 4 aromatic rings. The molecule has 0 bridgehead atoms. The topological polar surface area (TPSA) is 66.0 Å². The average Bonchev–Trinajstić information content (AvgIpc) is 3.18. The first kappa shape index (κ1) is 20.5. The Morgan fingerprint density at radius 2 is 1.52 bits per heavy atom. The Bertz CT molecular complexity index is 1220. The van der Waals surface area contributed by atoms with Crippen LogP contribution in [0.3, 0.4) is 0 Å². The number of halogens is 1. The van der Waals surface area contributed by atoms with E-state index < -0.39 is 0 Å². The highest BCUT2D eigenvalue weighted by Crippen LogP contribution is 2.41. The van der Waals surface area contributed by atoms with Gasteiger partial charge in [0.15, 0.2) is 0 Å². The van der Waals surface area contributed by atoms with E-state index in [4.69, 9.17) is 16.0 Å². The quantitative estimate of drug-likeness (QED) is 0.372. The van der Waals surface area contributed by atoms with Gasteiger partial charge < -0.3 is 4.42 Å². The maximum absolute atomic E-state index is 12.6. The van der Waals surface area contributed by atoms with Crippen LogP contribution in [0.2, 0.25) is 5.02 Å². The molecule has 0 aliphatic rings. The van der Waals surface area contributed by atoms with E-state index in [0.717, 1.165) is 16.7 Å². The standard InChI is InChI=1S/C26H19ClN2O2/c27-21-14-11-18(12-15-21)13-16-23(30)29-26-22(17-28)24(19-7-3-1-4-8-19)25(31-26)20-9-5-2-6-10-20/h1-12,14-15H,13,16H2,(H,29,30). The van der Waals surface area contributed by atoms with E-state index >= 15 is 0 Å². The molecule has 5 heteroatoms. The number of aryl methyl sites for hydroxylation is 1. The predicted molar refractivity (Wildman–Crippen MR) is 123 cm³/mol. The molecular weight excluding hydrogens is 408 g/mol. The van der Waals surface area contributed by atoms with Gasteiger partial charge in [0.25, 0.3) is 0 Å². The highest BCUT2D eigenvalue weighted by Gasteiger charge is 2.24. The Labute approximate surface area is 185 Å². The lowest BCUT2D eigenvalue weighted by Crippen LogP contribution is -2.12. The smallest absolute Gasteiger partial charge is 0.227 e. The van der Waals surface area contributed by atoms with Gasteiger partial charge >= 0.3 is 0 Å². The molecule has 0 radical (unpaired) electrons. The number of rotatable bonds is 6. The summed E-state index contributed by atoms with van der Waals surface area (Å²) in [5.74, 6) is 0.497. The summed E-state index contributed by atoms with van der Waals surface area (Å²) in [5.41, 5.74) is 3.67. The Kier molecular flexibility index (Phi) is 6.16. The monoisotopic (exact) mass is 426 g/mol. The highest BCUT2D eigenvalue weighted by molar-refractivity contribution is 6.30. The maximum Gasteiger partial charge on any atom is 0.227 e. The summed E-state index contributed by atoms with van der Waals surface area (Å²) in [6, 6.07) is 28.7. The normalized spacial score (nSPS) is 10.5. The molecule has 1 aromatic heterocycles. The molecule has 0 saturated heterocycles. The molecule has 0 atom stereocenters. The van der Waals surface area contributed by atoms with Crippen molar-refractivity contribution >= 4 is 23.4 Å². The summed E-state index contributed by atoms with van der Waals surface area (Å²) >= 11 is 5.91. The number of hydrogen-bond donors (Lipinski definition) is 1. The van der Waals surface area contributed by atoms with E-state index in [1.165, 1.54) is 0 Å². The van der Waals surface area contributed by atoms with Crippen molar-refractivity contribution in [1.29, 1.82) is 5.26 Å². The minimum atomic E-state index is -0.223. The Morgan fingerprint density at radius 3 is 2.13 bits per heavy atom. The molecule has 0 unspecified atom stereocenters. The van der Waals surface area contributed by atoms with Gasteiger partial charge in [-0.3, -0.25) is 10.1 Å². The Hall–Kier alpha value is -3.81. The molecular formula is C26H19ClN2O2. The molecule has 3 aromatic carbocycles. The van der Waals surface area contributed by atoms with Crippen molar-refractivity contribution in [3.63, 3.8) is 0 Å². The molecule has 0 aliphatic heterocycles. The maximum atomic E-state index is 12.6. The Morgan fingerprint density at radius 1 is 0.903 bits per heavy atom. The number of furan rings is 1. The molecule has 1 heterocycles. The number of hydrogen-bond acceptors (Lipinski definition) is 3. The van der Waals surface area contributed by atoms with Crippen LogP contribution in [-0.2, 0) is 11.2 Å². The van der Waals surface area contributed by atoms with Crippen LogP contribution in [0.1, 0.15) is 17.5 Å². The number of nitrogens with one attached hydrogen (secondary N) is 1. The van der Waals surface area contributed by atoms with Crippen LogP contribution in [0.4, 0.5) is 5.88 Å². The largest absolute Gasteiger partial charge is 0.438 e. The number of amides is 1. The van der Waals surface area contributed by atoms with E-state index in [-0.39, 0.29) is 18.2 Å². The fourth-order valence-corrected chi connectivity index (χ4v) is 3.52. The van der Waals surface area contributed by atoms with Crippen LogP contribution in [0.15, 0.2) is 89.3 Å². The minimum absolute atomic E-state index is 0.168. The fraction of sp³-hybridized carbons (Fsp3) is 0.0769. The van der Waals surface area contributed by atoms with Gasteiger partial charge in [0.05, 0.1) is 0 Å². The second-order valence-corrected chi connectivity index (χ2v) is 7.47. The minimum Gasteiger partial charge on any atom is -0.438 e. The van der Waals surface area contributed by atoms with Crippen LogP contribution in [0.5, 0.6) is 0 Å². The summed E-state index contributed by atoms with van der Waals surface area (Å²) in [6.45, 7) is 0. The molecule has 0 aliphatic carbocycles. The van der Waals surface area contributed by atoms with Gasteiger partial charge in [0.2, 0.25) is 11.8 Å². The number of nitrogens with zero attached hydrogens (tertiary/aromatic N) is 1. The number of benzene rings is 3. The molecule has 4 rings (SSSR count). The molecule has 31 heavy (non-hydrogen) atoms. The number of nitriles is 1. The van der Waals surface area contributed by atoms with Crippen molar-refractivity contribution in [2.45, 2.75) is 12.8 Å². The SMILES string of the molecule is N#Cc1c(NC(=O)CCc2ccc(Cl)cc2)oc(-c2ccccc2)c1-c1ccccc1. The third kappa shape index (κ3) is 4.69. The van der Waals surface area contributed by atoms with E-state index in [1.807, 2.05) is 72.8 Å². The number of carbonyl (C=O) groups is 1. The fourth-order valence-electron chi connectivity index (χ4n) is 3.40. The van der Waals surface area contributed by atoms with Crippen molar-refractivity contribution < 1.29 is 9.21 Å². The number of carbonyl (C=O) groups excluding carboxylic acids is 1. The molecule has 1 N–H and O–H groups in total. The zero-order valence-corrected chi connectivity index (χ0v) is 17.4. The van der Waals surface area contributed by atoms with Gasteiger partial charge in [-0.1, -0.05) is 84.4 Å². The average molecular weight is 427 g/mol. The highest BCUT2D eigenvalue weighted by atomic mass is 35.5. The van der Waals surface area contributed by atoms with E-state index in [9.17, 15) is 10.1 Å². The first-order valence-corrected chi connectivity index (χ1v) is 10.3. The van der Waals surface area contributed by atoms with Crippen molar-refractivity contribution in [3.05, 3.63) is 101 Å². The third-order valence-electron chi connectivity index (χ3n) is 4.93.